The molecule has 0 spiro atoms. The molecule has 0 radical (unpaired) electrons. The van der Waals surface area contributed by atoms with Gasteiger partial charge in [0, 0.05) is 24.3 Å². The van der Waals surface area contributed by atoms with Crippen LogP contribution < -0.4 is 5.32 Å². The maximum Gasteiger partial charge on any atom is 0.129 e. The van der Waals surface area contributed by atoms with E-state index >= 15 is 0 Å². The van der Waals surface area contributed by atoms with E-state index in [1.165, 1.54) is 6.07 Å². The van der Waals surface area contributed by atoms with Gasteiger partial charge in [0.1, 0.15) is 5.82 Å². The number of benzene rings is 1. The second kappa shape index (κ2) is 7.86. The Morgan fingerprint density at radius 1 is 1.19 bits per heavy atom. The highest BCUT2D eigenvalue weighted by Gasteiger charge is 2.16. The van der Waals surface area contributed by atoms with Crippen LogP contribution in [0.2, 0.25) is 0 Å². The highest BCUT2D eigenvalue weighted by atomic mass is 19.1. The molecule has 1 aromatic carbocycles. The molecule has 2 rings (SSSR count). The second-order valence-electron chi connectivity index (χ2n) is 5.04. The van der Waals surface area contributed by atoms with Crippen molar-refractivity contribution in [3.63, 3.8) is 0 Å². The van der Waals surface area contributed by atoms with E-state index in [-0.39, 0.29) is 11.9 Å². The van der Waals surface area contributed by atoms with Crippen molar-refractivity contribution >= 4 is 0 Å². The molecule has 1 heterocycles. The van der Waals surface area contributed by atoms with Gasteiger partial charge >= 0.3 is 0 Å². The topological polar surface area (TPSA) is 45.1 Å². The first kappa shape index (κ1) is 15.6. The Kier molecular flexibility index (Phi) is 5.84. The Hall–Kier alpha value is -1.78. The van der Waals surface area contributed by atoms with Crippen LogP contribution in [0, 0.1) is 5.82 Å². The third-order valence-electron chi connectivity index (χ3n) is 3.44. The number of nitrogens with one attached hydrogen (secondary N) is 1. The van der Waals surface area contributed by atoms with E-state index in [0.29, 0.717) is 12.1 Å². The van der Waals surface area contributed by atoms with Crippen molar-refractivity contribution in [2.45, 2.75) is 31.9 Å². The van der Waals surface area contributed by atoms with Crippen molar-refractivity contribution in [3.05, 3.63) is 65.7 Å². The molecule has 1 aromatic heterocycles. The maximum atomic E-state index is 13.6. The van der Waals surface area contributed by atoms with Gasteiger partial charge in [0.25, 0.3) is 0 Å². The van der Waals surface area contributed by atoms with Crippen LogP contribution in [0.1, 0.15) is 43.2 Å². The molecule has 0 saturated heterocycles. The minimum absolute atomic E-state index is 0.0672. The molecule has 21 heavy (non-hydrogen) atoms. The van der Waals surface area contributed by atoms with Crippen LogP contribution in [-0.2, 0) is 0 Å². The Morgan fingerprint density at radius 3 is 2.62 bits per heavy atom. The third kappa shape index (κ3) is 4.34. The summed E-state index contributed by atoms with van der Waals surface area (Å²) in [7, 11) is 0. The molecule has 2 unspecified atom stereocenters. The van der Waals surface area contributed by atoms with Gasteiger partial charge in [-0.15, -0.1) is 0 Å². The summed E-state index contributed by atoms with van der Waals surface area (Å²) in [6.07, 6.45) is 2.81. The molecule has 2 N–H and O–H groups in total. The lowest BCUT2D eigenvalue weighted by atomic mass is 10.1. The van der Waals surface area contributed by atoms with E-state index in [1.807, 2.05) is 18.2 Å². The first-order chi connectivity index (χ1) is 10.2. The van der Waals surface area contributed by atoms with Crippen molar-refractivity contribution in [2.75, 3.05) is 6.54 Å². The standard InChI is InChI=1S/C17H21FN2O/c1-2-7-15(16-10-5-6-11-19-16)20-12-17(21)13-8-3-4-9-14(13)18/h3-6,8-11,15,17,20-21H,2,7,12H2,1H3. The van der Waals surface area contributed by atoms with Gasteiger partial charge < -0.3 is 10.4 Å². The van der Waals surface area contributed by atoms with Gasteiger partial charge in [-0.25, -0.2) is 4.39 Å². The highest BCUT2D eigenvalue weighted by molar-refractivity contribution is 5.20. The van der Waals surface area contributed by atoms with Crippen LogP contribution in [0.15, 0.2) is 48.7 Å². The average Bonchev–Trinajstić information content (AvgIpc) is 2.52. The van der Waals surface area contributed by atoms with E-state index in [2.05, 4.69) is 17.2 Å². The zero-order valence-electron chi connectivity index (χ0n) is 12.2. The van der Waals surface area contributed by atoms with Crippen molar-refractivity contribution in [1.82, 2.24) is 10.3 Å². The summed E-state index contributed by atoms with van der Waals surface area (Å²) < 4.78 is 13.6. The van der Waals surface area contributed by atoms with Gasteiger partial charge in [0.15, 0.2) is 0 Å². The van der Waals surface area contributed by atoms with Crippen molar-refractivity contribution in [2.24, 2.45) is 0 Å². The lowest BCUT2D eigenvalue weighted by Crippen LogP contribution is -2.27. The summed E-state index contributed by atoms with van der Waals surface area (Å²) >= 11 is 0. The number of nitrogens with zero attached hydrogens (tertiary/aromatic N) is 1. The number of aromatic nitrogens is 1. The molecule has 0 bridgehead atoms. The number of halogens is 1. The molecule has 112 valence electrons. The Balaban J connectivity index is 2.00. The normalized spacial score (nSPS) is 13.9. The van der Waals surface area contributed by atoms with Gasteiger partial charge in [0.05, 0.1) is 11.8 Å². The molecule has 3 nitrogen and oxygen atoms in total. The van der Waals surface area contributed by atoms with Gasteiger partial charge in [-0.2, -0.15) is 0 Å². The Bertz CT molecular complexity index is 547. The van der Waals surface area contributed by atoms with Crippen LogP contribution in [0.3, 0.4) is 0 Å². The molecule has 0 aliphatic heterocycles. The number of hydrogen-bond acceptors (Lipinski definition) is 3. The lowest BCUT2D eigenvalue weighted by Gasteiger charge is -2.20. The van der Waals surface area contributed by atoms with E-state index < -0.39 is 6.10 Å². The number of pyridine rings is 1. The molecule has 4 heteroatoms. The highest BCUT2D eigenvalue weighted by Crippen LogP contribution is 2.19. The number of rotatable bonds is 7. The quantitative estimate of drug-likeness (QED) is 0.821. The zero-order chi connectivity index (χ0) is 15.1. The minimum Gasteiger partial charge on any atom is -0.387 e. The predicted molar refractivity (Wildman–Crippen MR) is 81.2 cm³/mol. The molecule has 0 aliphatic carbocycles. The summed E-state index contributed by atoms with van der Waals surface area (Å²) in [6.45, 7) is 2.40. The van der Waals surface area contributed by atoms with Crippen LogP contribution in [0.5, 0.6) is 0 Å². The van der Waals surface area contributed by atoms with E-state index in [1.54, 1.807) is 24.4 Å². The Morgan fingerprint density at radius 2 is 1.95 bits per heavy atom. The second-order valence-corrected chi connectivity index (χ2v) is 5.04. The fourth-order valence-electron chi connectivity index (χ4n) is 2.33. The summed E-state index contributed by atoms with van der Waals surface area (Å²) in [4.78, 5) is 4.35. The predicted octanol–water partition coefficient (Wildman–Crippen LogP) is 3.39. The molecule has 0 saturated carbocycles. The molecule has 2 aromatic rings. The molecule has 2 atom stereocenters. The lowest BCUT2D eigenvalue weighted by molar-refractivity contribution is 0.164. The van der Waals surface area contributed by atoms with E-state index in [4.69, 9.17) is 0 Å². The average molecular weight is 288 g/mol. The Labute approximate surface area is 124 Å². The zero-order valence-corrected chi connectivity index (χ0v) is 12.2. The van der Waals surface area contributed by atoms with Gasteiger partial charge in [-0.05, 0) is 24.6 Å². The molecular weight excluding hydrogens is 267 g/mol. The SMILES string of the molecule is CCCC(NCC(O)c1ccccc1F)c1ccccn1. The summed E-state index contributed by atoms with van der Waals surface area (Å²) in [6, 6.07) is 12.2. The summed E-state index contributed by atoms with van der Waals surface area (Å²) in [5, 5.41) is 13.4. The molecule has 0 amide bonds. The minimum atomic E-state index is -0.866. The number of hydrogen-bond donors (Lipinski definition) is 2. The van der Waals surface area contributed by atoms with Gasteiger partial charge in [0.2, 0.25) is 0 Å². The maximum absolute atomic E-state index is 13.6. The monoisotopic (exact) mass is 288 g/mol. The largest absolute Gasteiger partial charge is 0.387 e. The van der Waals surface area contributed by atoms with Gasteiger partial charge in [-0.3, -0.25) is 4.98 Å². The van der Waals surface area contributed by atoms with Crippen molar-refractivity contribution in [1.29, 1.82) is 0 Å². The molecule has 0 fully saturated rings. The summed E-state index contributed by atoms with van der Waals surface area (Å²) in [5.74, 6) is -0.378. The first-order valence-electron chi connectivity index (χ1n) is 7.29. The van der Waals surface area contributed by atoms with E-state index in [9.17, 15) is 9.50 Å². The molecular formula is C17H21FN2O. The van der Waals surface area contributed by atoms with Crippen LogP contribution in [0.4, 0.5) is 4.39 Å². The van der Waals surface area contributed by atoms with Crippen LogP contribution >= 0.6 is 0 Å². The fraction of sp³-hybridized carbons (Fsp3) is 0.353. The smallest absolute Gasteiger partial charge is 0.129 e. The van der Waals surface area contributed by atoms with Crippen molar-refractivity contribution in [3.8, 4) is 0 Å². The fourth-order valence-corrected chi connectivity index (χ4v) is 2.33. The third-order valence-corrected chi connectivity index (χ3v) is 3.44. The summed E-state index contributed by atoms with van der Waals surface area (Å²) in [5.41, 5.74) is 1.27. The molecule has 0 aliphatic rings. The van der Waals surface area contributed by atoms with Crippen molar-refractivity contribution < 1.29 is 9.50 Å². The number of aliphatic hydroxyl groups excluding tert-OH is 1. The van der Waals surface area contributed by atoms with Crippen LogP contribution in [-0.4, -0.2) is 16.6 Å². The number of aliphatic hydroxyl groups is 1. The van der Waals surface area contributed by atoms with Gasteiger partial charge in [-0.1, -0.05) is 37.6 Å². The first-order valence-corrected chi connectivity index (χ1v) is 7.29. The van der Waals surface area contributed by atoms with E-state index in [0.717, 1.165) is 18.5 Å². The van der Waals surface area contributed by atoms with Crippen LogP contribution in [0.25, 0.3) is 0 Å².